The van der Waals surface area contributed by atoms with E-state index in [0.29, 0.717) is 23.5 Å². The average Bonchev–Trinajstić information content (AvgIpc) is 3.52. The van der Waals surface area contributed by atoms with E-state index in [9.17, 15) is 4.79 Å². The predicted molar refractivity (Wildman–Crippen MR) is 118 cm³/mol. The molecule has 0 bridgehead atoms. The van der Waals surface area contributed by atoms with Crippen molar-refractivity contribution in [3.8, 4) is 22.8 Å². The van der Waals surface area contributed by atoms with Crippen LogP contribution in [0.15, 0.2) is 36.8 Å². The number of carbonyl (C=O) groups is 1. The van der Waals surface area contributed by atoms with E-state index in [1.807, 2.05) is 45.2 Å². The molecule has 3 aromatic heterocycles. The maximum Gasteiger partial charge on any atom is 0.256 e. The fourth-order valence-corrected chi connectivity index (χ4v) is 3.89. The Balaban J connectivity index is 1.39. The minimum absolute atomic E-state index is 0.185. The number of imidazole rings is 1. The van der Waals surface area contributed by atoms with Crippen molar-refractivity contribution >= 4 is 11.6 Å². The van der Waals surface area contributed by atoms with Crippen LogP contribution in [0.4, 0.5) is 0 Å². The molecule has 0 saturated carbocycles. The van der Waals surface area contributed by atoms with Gasteiger partial charge in [-0.3, -0.25) is 4.79 Å². The van der Waals surface area contributed by atoms with E-state index in [1.165, 1.54) is 0 Å². The Labute approximate surface area is 185 Å². The first-order valence-electron chi connectivity index (χ1n) is 10.5. The minimum Gasteiger partial charge on any atom is -0.454 e. The highest BCUT2D eigenvalue weighted by Gasteiger charge is 2.20. The molecule has 9 heteroatoms. The summed E-state index contributed by atoms with van der Waals surface area (Å²) >= 11 is 0. The Morgan fingerprint density at radius 2 is 2.03 bits per heavy atom. The van der Waals surface area contributed by atoms with Gasteiger partial charge in [-0.15, -0.1) is 0 Å². The highest BCUT2D eigenvalue weighted by atomic mass is 16.7. The third-order valence-electron chi connectivity index (χ3n) is 5.85. The number of ether oxygens (including phenoxy) is 2. The summed E-state index contributed by atoms with van der Waals surface area (Å²) in [6.07, 6.45) is 6.10. The Morgan fingerprint density at radius 3 is 2.84 bits per heavy atom. The molecule has 0 aliphatic carbocycles. The average molecular weight is 432 g/mol. The highest BCUT2D eigenvalue weighted by Crippen LogP contribution is 2.36. The molecule has 5 rings (SSSR count). The van der Waals surface area contributed by atoms with Crippen LogP contribution in [0, 0.1) is 20.8 Å². The Hall–Kier alpha value is -3.88. The molecule has 0 spiro atoms. The molecule has 0 fully saturated rings. The van der Waals surface area contributed by atoms with Gasteiger partial charge in [0.15, 0.2) is 17.1 Å². The third kappa shape index (κ3) is 3.45. The van der Waals surface area contributed by atoms with Gasteiger partial charge in [-0.2, -0.15) is 5.10 Å². The molecule has 1 N–H and O–H groups in total. The molecule has 9 nitrogen and oxygen atoms in total. The largest absolute Gasteiger partial charge is 0.454 e. The number of benzene rings is 1. The van der Waals surface area contributed by atoms with Crippen molar-refractivity contribution in [2.75, 3.05) is 13.3 Å². The first-order valence-corrected chi connectivity index (χ1v) is 10.5. The van der Waals surface area contributed by atoms with Crippen molar-refractivity contribution in [3.05, 3.63) is 59.4 Å². The van der Waals surface area contributed by atoms with Crippen LogP contribution in [0.3, 0.4) is 0 Å². The molecule has 1 aliphatic rings. The summed E-state index contributed by atoms with van der Waals surface area (Å²) in [6.45, 7) is 7.51. The number of nitrogens with one attached hydrogen (secondary N) is 1. The van der Waals surface area contributed by atoms with Gasteiger partial charge < -0.3 is 19.4 Å². The van der Waals surface area contributed by atoms with Crippen molar-refractivity contribution in [1.82, 2.24) is 29.5 Å². The molecule has 1 aromatic carbocycles. The first-order chi connectivity index (χ1) is 15.5. The van der Waals surface area contributed by atoms with Crippen LogP contribution in [0.5, 0.6) is 11.5 Å². The lowest BCUT2D eigenvalue weighted by Crippen LogP contribution is -2.25. The van der Waals surface area contributed by atoms with Gasteiger partial charge in [-0.05, 0) is 51.0 Å². The number of hydrogen-bond donors (Lipinski definition) is 1. The van der Waals surface area contributed by atoms with Crippen LogP contribution in [0.1, 0.15) is 33.9 Å². The molecule has 0 atom stereocenters. The van der Waals surface area contributed by atoms with Gasteiger partial charge in [-0.1, -0.05) is 0 Å². The van der Waals surface area contributed by atoms with Gasteiger partial charge in [0.1, 0.15) is 11.4 Å². The van der Waals surface area contributed by atoms with Crippen molar-refractivity contribution in [2.24, 2.45) is 0 Å². The molecular formula is C23H24N6O3. The lowest BCUT2D eigenvalue weighted by molar-refractivity contribution is 0.0954. The second kappa shape index (κ2) is 7.99. The maximum absolute atomic E-state index is 12.9. The molecule has 4 heterocycles. The molecule has 164 valence electrons. The third-order valence-corrected chi connectivity index (χ3v) is 5.85. The van der Waals surface area contributed by atoms with E-state index < -0.39 is 0 Å². The fourth-order valence-electron chi connectivity index (χ4n) is 3.89. The molecule has 1 amide bonds. The normalized spacial score (nSPS) is 12.5. The molecule has 4 aromatic rings. The topological polar surface area (TPSA) is 95.6 Å². The van der Waals surface area contributed by atoms with Gasteiger partial charge in [0, 0.05) is 36.7 Å². The Bertz CT molecular complexity index is 1320. The summed E-state index contributed by atoms with van der Waals surface area (Å²) < 4.78 is 14.7. The summed E-state index contributed by atoms with van der Waals surface area (Å²) in [5.41, 5.74) is 4.59. The van der Waals surface area contributed by atoms with E-state index in [-0.39, 0.29) is 12.7 Å². The maximum atomic E-state index is 12.9. The quantitative estimate of drug-likeness (QED) is 0.471. The summed E-state index contributed by atoms with van der Waals surface area (Å²) in [6, 6.07) is 5.75. The zero-order chi connectivity index (χ0) is 22.2. The fraction of sp³-hybridized carbons (Fsp3) is 0.304. The monoisotopic (exact) mass is 432 g/mol. The number of aryl methyl sites for hydroxylation is 3. The highest BCUT2D eigenvalue weighted by molar-refractivity contribution is 6.00. The number of nitrogens with zero attached hydrogens (tertiary/aromatic N) is 5. The van der Waals surface area contributed by atoms with Crippen molar-refractivity contribution in [2.45, 2.75) is 33.7 Å². The number of rotatable bonds is 6. The number of aromatic nitrogens is 5. The molecule has 32 heavy (non-hydrogen) atoms. The van der Waals surface area contributed by atoms with E-state index in [0.717, 1.165) is 47.1 Å². The van der Waals surface area contributed by atoms with Gasteiger partial charge in [0.05, 0.1) is 11.9 Å². The van der Waals surface area contributed by atoms with Crippen LogP contribution in [-0.4, -0.2) is 43.4 Å². The zero-order valence-corrected chi connectivity index (χ0v) is 18.3. The minimum atomic E-state index is -0.185. The van der Waals surface area contributed by atoms with Crippen molar-refractivity contribution in [1.29, 1.82) is 0 Å². The van der Waals surface area contributed by atoms with E-state index in [4.69, 9.17) is 14.5 Å². The van der Waals surface area contributed by atoms with E-state index >= 15 is 0 Å². The standard InChI is InChI=1S/C23H24N6O3/c1-14-15(2)29-22(27-21(14)17-5-6-19-20(11-17)32-13-31-19)18(12-26-29)23(30)25-7-4-9-28-10-8-24-16(28)3/h5-6,8,10-12H,4,7,9,13H2,1-3H3,(H,25,30). The van der Waals surface area contributed by atoms with Gasteiger partial charge in [0.25, 0.3) is 5.91 Å². The molecule has 0 unspecified atom stereocenters. The van der Waals surface area contributed by atoms with Crippen molar-refractivity contribution in [3.63, 3.8) is 0 Å². The van der Waals surface area contributed by atoms with E-state index in [1.54, 1.807) is 16.9 Å². The van der Waals surface area contributed by atoms with Crippen LogP contribution in [-0.2, 0) is 6.54 Å². The van der Waals surface area contributed by atoms with Crippen LogP contribution in [0.2, 0.25) is 0 Å². The van der Waals surface area contributed by atoms with Gasteiger partial charge >= 0.3 is 0 Å². The summed E-state index contributed by atoms with van der Waals surface area (Å²) in [4.78, 5) is 21.9. The van der Waals surface area contributed by atoms with Gasteiger partial charge in [0.2, 0.25) is 6.79 Å². The molecule has 1 aliphatic heterocycles. The Morgan fingerprint density at radius 1 is 1.19 bits per heavy atom. The lowest BCUT2D eigenvalue weighted by atomic mass is 10.0. The predicted octanol–water partition coefficient (Wildman–Crippen LogP) is 3.07. The zero-order valence-electron chi connectivity index (χ0n) is 18.3. The summed E-state index contributed by atoms with van der Waals surface area (Å²) in [5.74, 6) is 2.19. The second-order valence-corrected chi connectivity index (χ2v) is 7.81. The SMILES string of the molecule is Cc1c(-c2ccc3c(c2)OCO3)nc2c(C(=O)NCCCn3ccnc3C)cnn2c1C. The van der Waals surface area contributed by atoms with Crippen LogP contribution in [0.25, 0.3) is 16.9 Å². The molecular weight excluding hydrogens is 408 g/mol. The number of fused-ring (bicyclic) bond motifs is 2. The van der Waals surface area contributed by atoms with Gasteiger partial charge in [-0.25, -0.2) is 14.5 Å². The van der Waals surface area contributed by atoms with Crippen molar-refractivity contribution < 1.29 is 14.3 Å². The Kier molecular flexibility index (Phi) is 5.01. The van der Waals surface area contributed by atoms with Crippen LogP contribution >= 0.6 is 0 Å². The summed E-state index contributed by atoms with van der Waals surface area (Å²) in [7, 11) is 0. The lowest BCUT2D eigenvalue weighted by Gasteiger charge is -2.11. The second-order valence-electron chi connectivity index (χ2n) is 7.81. The number of hydrogen-bond acceptors (Lipinski definition) is 6. The summed E-state index contributed by atoms with van der Waals surface area (Å²) in [5, 5.41) is 7.39. The molecule has 0 radical (unpaired) electrons. The molecule has 0 saturated heterocycles. The smallest absolute Gasteiger partial charge is 0.256 e. The number of amides is 1. The number of carbonyl (C=O) groups excluding carboxylic acids is 1. The van der Waals surface area contributed by atoms with Crippen LogP contribution < -0.4 is 14.8 Å². The first kappa shape index (κ1) is 20.0. The van der Waals surface area contributed by atoms with E-state index in [2.05, 4.69) is 20.0 Å².